The number of nitro groups is 2. The molecular weight excluding hydrogens is 492 g/mol. The molecule has 0 N–H and O–H groups in total. The molecule has 0 spiro atoms. The number of hydrogen-bond donors (Lipinski definition) is 0. The zero-order valence-electron chi connectivity index (χ0n) is 21.5. The number of methoxy groups -OCH3 is 2. The molecule has 3 aromatic rings. The van der Waals surface area contributed by atoms with E-state index >= 15 is 0 Å². The van der Waals surface area contributed by atoms with Crippen molar-refractivity contribution in [1.29, 1.82) is 0 Å². The van der Waals surface area contributed by atoms with Gasteiger partial charge in [-0.3, -0.25) is 20.2 Å². The number of nitro benzene ring substituents is 2. The summed E-state index contributed by atoms with van der Waals surface area (Å²) >= 11 is 0. The number of ether oxygens (including phenoxy) is 4. The van der Waals surface area contributed by atoms with Crippen molar-refractivity contribution in [2.75, 3.05) is 27.4 Å². The zero-order valence-corrected chi connectivity index (χ0v) is 21.5. The van der Waals surface area contributed by atoms with Crippen molar-refractivity contribution in [3.63, 3.8) is 0 Å². The van der Waals surface area contributed by atoms with Crippen LogP contribution >= 0.6 is 0 Å². The van der Waals surface area contributed by atoms with Crippen molar-refractivity contribution in [3.05, 3.63) is 91.0 Å². The second kappa shape index (κ2) is 12.9. The van der Waals surface area contributed by atoms with E-state index in [0.29, 0.717) is 47.3 Å². The van der Waals surface area contributed by atoms with Crippen molar-refractivity contribution in [2.24, 2.45) is 0 Å². The minimum absolute atomic E-state index is 0.182. The number of benzene rings is 3. The lowest BCUT2D eigenvalue weighted by atomic mass is 10.0. The third-order valence-electron chi connectivity index (χ3n) is 5.49. The van der Waals surface area contributed by atoms with Crippen LogP contribution in [0.4, 0.5) is 11.4 Å². The van der Waals surface area contributed by atoms with Gasteiger partial charge in [0.15, 0.2) is 23.0 Å². The van der Waals surface area contributed by atoms with Crippen LogP contribution in [0.2, 0.25) is 0 Å². The fraction of sp³-hybridized carbons (Fsp3) is 0.214. The Hall–Kier alpha value is -4.86. The summed E-state index contributed by atoms with van der Waals surface area (Å²) in [6, 6.07) is 12.9. The summed E-state index contributed by atoms with van der Waals surface area (Å²) in [6.45, 7) is 4.45. The Bertz CT molecular complexity index is 1280. The van der Waals surface area contributed by atoms with Gasteiger partial charge in [-0.05, 0) is 44.2 Å². The highest BCUT2D eigenvalue weighted by Crippen LogP contribution is 2.36. The lowest BCUT2D eigenvalue weighted by Crippen LogP contribution is -1.99. The molecule has 0 amide bonds. The number of hydrogen-bond acceptors (Lipinski definition) is 8. The van der Waals surface area contributed by atoms with Crippen molar-refractivity contribution in [1.82, 2.24) is 0 Å². The molecule has 10 nitrogen and oxygen atoms in total. The van der Waals surface area contributed by atoms with Gasteiger partial charge < -0.3 is 18.9 Å². The fourth-order valence-corrected chi connectivity index (χ4v) is 3.80. The number of para-hydroxylation sites is 2. The van der Waals surface area contributed by atoms with Gasteiger partial charge in [0, 0.05) is 11.1 Å². The molecule has 0 aromatic heterocycles. The maximum atomic E-state index is 11.8. The average Bonchev–Trinajstić information content (AvgIpc) is 2.91. The van der Waals surface area contributed by atoms with E-state index in [0.717, 1.165) is 6.07 Å². The molecule has 0 saturated heterocycles. The second-order valence-electron chi connectivity index (χ2n) is 7.77. The molecular formula is C28H28N2O8. The molecule has 3 aromatic carbocycles. The molecule has 0 saturated carbocycles. The molecule has 38 heavy (non-hydrogen) atoms. The van der Waals surface area contributed by atoms with Gasteiger partial charge in [-0.15, -0.1) is 0 Å². The maximum absolute atomic E-state index is 11.8. The van der Waals surface area contributed by atoms with Gasteiger partial charge >= 0.3 is 0 Å². The first-order valence-corrected chi connectivity index (χ1v) is 11.8. The minimum atomic E-state index is -0.648. The summed E-state index contributed by atoms with van der Waals surface area (Å²) in [5, 5.41) is 23.6. The largest absolute Gasteiger partial charge is 0.493 e. The van der Waals surface area contributed by atoms with Crippen molar-refractivity contribution in [3.8, 4) is 23.0 Å². The fourth-order valence-electron chi connectivity index (χ4n) is 3.80. The summed E-state index contributed by atoms with van der Waals surface area (Å²) in [5.41, 5.74) is 0.828. The Morgan fingerprint density at radius 1 is 0.658 bits per heavy atom. The van der Waals surface area contributed by atoms with Crippen LogP contribution in [0.15, 0.2) is 48.5 Å². The van der Waals surface area contributed by atoms with E-state index in [1.807, 2.05) is 13.8 Å². The summed E-state index contributed by atoms with van der Waals surface area (Å²) in [4.78, 5) is 22.3. The minimum Gasteiger partial charge on any atom is -0.493 e. The molecule has 3 rings (SSSR count). The number of rotatable bonds is 12. The second-order valence-corrected chi connectivity index (χ2v) is 7.77. The summed E-state index contributed by atoms with van der Waals surface area (Å²) < 4.78 is 22.1. The van der Waals surface area contributed by atoms with E-state index in [-0.39, 0.29) is 11.1 Å². The van der Waals surface area contributed by atoms with Gasteiger partial charge in [0.1, 0.15) is 0 Å². The van der Waals surface area contributed by atoms with Crippen LogP contribution in [-0.4, -0.2) is 37.3 Å². The molecule has 198 valence electrons. The van der Waals surface area contributed by atoms with Crippen LogP contribution in [-0.2, 0) is 0 Å². The van der Waals surface area contributed by atoms with E-state index < -0.39 is 21.2 Å². The zero-order chi connectivity index (χ0) is 27.7. The van der Waals surface area contributed by atoms with Crippen LogP contribution in [0.25, 0.3) is 24.3 Å². The van der Waals surface area contributed by atoms with E-state index in [9.17, 15) is 20.2 Å². The van der Waals surface area contributed by atoms with Crippen LogP contribution in [0, 0.1) is 20.2 Å². The molecule has 0 unspecified atom stereocenters. The Morgan fingerprint density at radius 2 is 1.05 bits per heavy atom. The molecule has 10 heteroatoms. The lowest BCUT2D eigenvalue weighted by Gasteiger charge is -2.12. The SMILES string of the molecule is CCOc1c(/C=C\c2cc(/C=C\c3cccc(OC)c3OCC)c([N+](=O)[O-])cc2[N+](=O)[O-])cccc1OC. The highest BCUT2D eigenvalue weighted by Gasteiger charge is 2.22. The molecule has 0 fully saturated rings. The first kappa shape index (κ1) is 27.7. The molecule has 0 aliphatic carbocycles. The van der Waals surface area contributed by atoms with Gasteiger partial charge in [0.2, 0.25) is 0 Å². The van der Waals surface area contributed by atoms with Gasteiger partial charge in [-0.1, -0.05) is 36.4 Å². The number of nitrogens with zero attached hydrogens (tertiary/aromatic N) is 2. The standard InChI is InChI=1S/C28H28N2O8/c1-5-37-27-19(9-7-11-25(27)35-3)13-15-21-17-22(24(30(33)34)18-23(21)29(31)32)16-14-20-10-8-12-26(36-4)28(20)38-6-2/h7-18H,5-6H2,1-4H3/b15-13-,16-14-. The van der Waals surface area contributed by atoms with Gasteiger partial charge in [0.25, 0.3) is 11.4 Å². The molecule has 0 aliphatic heterocycles. The monoisotopic (exact) mass is 520 g/mol. The Morgan fingerprint density at radius 3 is 1.39 bits per heavy atom. The molecule has 0 atom stereocenters. The van der Waals surface area contributed by atoms with Crippen LogP contribution < -0.4 is 18.9 Å². The topological polar surface area (TPSA) is 123 Å². The Kier molecular flexibility index (Phi) is 9.42. The highest BCUT2D eigenvalue weighted by molar-refractivity contribution is 5.83. The third kappa shape index (κ3) is 6.28. The summed E-state index contributed by atoms with van der Waals surface area (Å²) in [7, 11) is 3.04. The highest BCUT2D eigenvalue weighted by atomic mass is 16.6. The maximum Gasteiger partial charge on any atom is 0.283 e. The van der Waals surface area contributed by atoms with E-state index in [1.54, 1.807) is 48.6 Å². The van der Waals surface area contributed by atoms with E-state index in [4.69, 9.17) is 18.9 Å². The summed E-state index contributed by atoms with van der Waals surface area (Å²) in [5.74, 6) is 2.00. The average molecular weight is 521 g/mol. The molecule has 0 heterocycles. The normalized spacial score (nSPS) is 11.1. The van der Waals surface area contributed by atoms with Crippen LogP contribution in [0.1, 0.15) is 36.1 Å². The first-order valence-electron chi connectivity index (χ1n) is 11.8. The van der Waals surface area contributed by atoms with Crippen molar-refractivity contribution >= 4 is 35.7 Å². The Labute approximate surface area is 220 Å². The van der Waals surface area contributed by atoms with Crippen molar-refractivity contribution in [2.45, 2.75) is 13.8 Å². The quantitative estimate of drug-likeness (QED) is 0.148. The predicted molar refractivity (Wildman–Crippen MR) is 146 cm³/mol. The van der Waals surface area contributed by atoms with Gasteiger partial charge in [-0.25, -0.2) is 0 Å². The van der Waals surface area contributed by atoms with Gasteiger partial charge in [0.05, 0.1) is 54.5 Å². The smallest absolute Gasteiger partial charge is 0.283 e. The molecule has 0 aliphatic rings. The Balaban J connectivity index is 2.14. The van der Waals surface area contributed by atoms with E-state index in [2.05, 4.69) is 0 Å². The summed E-state index contributed by atoms with van der Waals surface area (Å²) in [6.07, 6.45) is 6.33. The molecule has 0 bridgehead atoms. The molecule has 0 radical (unpaired) electrons. The predicted octanol–water partition coefficient (Wildman–Crippen LogP) is 6.66. The van der Waals surface area contributed by atoms with Gasteiger partial charge in [-0.2, -0.15) is 0 Å². The third-order valence-corrected chi connectivity index (χ3v) is 5.49. The van der Waals surface area contributed by atoms with E-state index in [1.165, 1.54) is 32.4 Å². The first-order chi connectivity index (χ1) is 18.3. The van der Waals surface area contributed by atoms with Crippen LogP contribution in [0.5, 0.6) is 23.0 Å². The van der Waals surface area contributed by atoms with Crippen LogP contribution in [0.3, 0.4) is 0 Å². The van der Waals surface area contributed by atoms with Crippen molar-refractivity contribution < 1.29 is 28.8 Å². The lowest BCUT2D eigenvalue weighted by molar-refractivity contribution is -0.394.